The molecule has 7 nitrogen and oxygen atoms in total. The van der Waals surface area contributed by atoms with Gasteiger partial charge in [0.25, 0.3) is 5.56 Å². The normalized spacial score (nSPS) is 11.4. The fraction of sp³-hybridized carbons (Fsp3) is 0.150. The molecule has 0 unspecified atom stereocenters. The monoisotopic (exact) mass is 431 g/mol. The number of ketones is 1. The SMILES string of the molecule is CC(=O)c1ccc(S(=O)(=O)NCCn2nc(-c3ccc(Cl)cc3)ccc2=O)cc1. The summed E-state index contributed by atoms with van der Waals surface area (Å²) in [4.78, 5) is 23.4. The van der Waals surface area contributed by atoms with Crippen molar-refractivity contribution >= 4 is 27.4 Å². The summed E-state index contributed by atoms with van der Waals surface area (Å²) in [6, 6.07) is 15.6. The highest BCUT2D eigenvalue weighted by atomic mass is 35.5. The van der Waals surface area contributed by atoms with Crippen molar-refractivity contribution in [2.24, 2.45) is 0 Å². The molecule has 0 saturated heterocycles. The Morgan fingerprint density at radius 1 is 1.03 bits per heavy atom. The summed E-state index contributed by atoms with van der Waals surface area (Å²) in [5.41, 5.74) is 1.45. The molecular weight excluding hydrogens is 414 g/mol. The molecule has 0 aliphatic carbocycles. The molecule has 150 valence electrons. The maximum Gasteiger partial charge on any atom is 0.266 e. The Bertz CT molecular complexity index is 1190. The molecule has 0 aliphatic rings. The number of carbonyl (C=O) groups excluding carboxylic acids is 1. The van der Waals surface area contributed by atoms with Crippen molar-refractivity contribution in [3.05, 3.63) is 81.6 Å². The lowest BCUT2D eigenvalue weighted by molar-refractivity contribution is 0.101. The van der Waals surface area contributed by atoms with Gasteiger partial charge in [-0.2, -0.15) is 5.10 Å². The van der Waals surface area contributed by atoms with Crippen LogP contribution in [0, 0.1) is 0 Å². The van der Waals surface area contributed by atoms with Gasteiger partial charge in [-0.25, -0.2) is 17.8 Å². The van der Waals surface area contributed by atoms with E-state index in [0.29, 0.717) is 16.3 Å². The molecule has 1 heterocycles. The molecule has 0 spiro atoms. The van der Waals surface area contributed by atoms with Crippen molar-refractivity contribution in [2.45, 2.75) is 18.4 Å². The average molecular weight is 432 g/mol. The Morgan fingerprint density at radius 3 is 2.31 bits per heavy atom. The number of hydrogen-bond donors (Lipinski definition) is 1. The lowest BCUT2D eigenvalue weighted by Gasteiger charge is -2.09. The van der Waals surface area contributed by atoms with Gasteiger partial charge in [-0.1, -0.05) is 35.9 Å². The van der Waals surface area contributed by atoms with Gasteiger partial charge >= 0.3 is 0 Å². The summed E-state index contributed by atoms with van der Waals surface area (Å²) in [6.45, 7) is 1.45. The van der Waals surface area contributed by atoms with Gasteiger partial charge in [-0.3, -0.25) is 9.59 Å². The molecule has 3 aromatic rings. The van der Waals surface area contributed by atoms with Gasteiger partial charge in [0.05, 0.1) is 17.1 Å². The topological polar surface area (TPSA) is 98.1 Å². The number of hydrogen-bond acceptors (Lipinski definition) is 5. The van der Waals surface area contributed by atoms with E-state index in [4.69, 9.17) is 11.6 Å². The number of sulfonamides is 1. The fourth-order valence-electron chi connectivity index (χ4n) is 2.62. The van der Waals surface area contributed by atoms with Crippen LogP contribution in [-0.4, -0.2) is 30.5 Å². The fourth-order valence-corrected chi connectivity index (χ4v) is 3.77. The lowest BCUT2D eigenvalue weighted by atomic mass is 10.1. The third kappa shape index (κ3) is 5.17. The largest absolute Gasteiger partial charge is 0.295 e. The van der Waals surface area contributed by atoms with Crippen molar-refractivity contribution in [3.63, 3.8) is 0 Å². The molecule has 0 amide bonds. The van der Waals surface area contributed by atoms with Gasteiger partial charge in [0.2, 0.25) is 10.0 Å². The smallest absolute Gasteiger partial charge is 0.266 e. The van der Waals surface area contributed by atoms with Crippen LogP contribution in [-0.2, 0) is 16.6 Å². The van der Waals surface area contributed by atoms with E-state index in [1.807, 2.05) is 0 Å². The number of carbonyl (C=O) groups is 1. The summed E-state index contributed by atoms with van der Waals surface area (Å²) < 4.78 is 28.4. The Balaban J connectivity index is 1.71. The van der Waals surface area contributed by atoms with Crippen molar-refractivity contribution in [1.29, 1.82) is 0 Å². The quantitative estimate of drug-likeness (QED) is 0.580. The van der Waals surface area contributed by atoms with E-state index in [2.05, 4.69) is 9.82 Å². The van der Waals surface area contributed by atoms with Gasteiger partial charge in [-0.05, 0) is 37.3 Å². The van der Waals surface area contributed by atoms with Crippen LogP contribution in [0.3, 0.4) is 0 Å². The third-order valence-corrected chi connectivity index (χ3v) is 5.92. The number of nitrogens with one attached hydrogen (secondary N) is 1. The highest BCUT2D eigenvalue weighted by Crippen LogP contribution is 2.18. The molecule has 0 fully saturated rings. The summed E-state index contributed by atoms with van der Waals surface area (Å²) >= 11 is 5.88. The summed E-state index contributed by atoms with van der Waals surface area (Å²) in [5, 5.41) is 4.87. The minimum atomic E-state index is -3.77. The molecule has 0 aliphatic heterocycles. The van der Waals surface area contributed by atoms with E-state index in [-0.39, 0.29) is 29.3 Å². The van der Waals surface area contributed by atoms with Gasteiger partial charge in [0, 0.05) is 28.8 Å². The van der Waals surface area contributed by atoms with Crippen LogP contribution in [0.25, 0.3) is 11.3 Å². The molecule has 0 bridgehead atoms. The zero-order chi connectivity index (χ0) is 21.0. The maximum absolute atomic E-state index is 12.4. The highest BCUT2D eigenvalue weighted by Gasteiger charge is 2.14. The van der Waals surface area contributed by atoms with E-state index >= 15 is 0 Å². The average Bonchev–Trinajstić information content (AvgIpc) is 2.70. The second kappa shape index (κ2) is 8.69. The van der Waals surface area contributed by atoms with Crippen LogP contribution in [0.1, 0.15) is 17.3 Å². The van der Waals surface area contributed by atoms with E-state index in [9.17, 15) is 18.0 Å². The predicted octanol–water partition coefficient (Wildman–Crippen LogP) is 2.74. The molecule has 0 radical (unpaired) electrons. The number of halogens is 1. The standard InChI is InChI=1S/C20H18ClN3O4S/c1-14(25)15-4-8-18(9-5-15)29(27,28)22-12-13-24-20(26)11-10-19(23-24)16-2-6-17(21)7-3-16/h2-11,22H,12-13H2,1H3. The van der Waals surface area contributed by atoms with Crippen LogP contribution < -0.4 is 10.3 Å². The first kappa shape index (κ1) is 20.9. The summed E-state index contributed by atoms with van der Waals surface area (Å²) in [7, 11) is -3.77. The molecular formula is C20H18ClN3O4S. The first-order valence-corrected chi connectivity index (χ1v) is 10.6. The van der Waals surface area contributed by atoms with E-state index in [1.165, 1.54) is 41.9 Å². The van der Waals surface area contributed by atoms with Crippen LogP contribution in [0.15, 0.2) is 70.4 Å². The predicted molar refractivity (Wildman–Crippen MR) is 111 cm³/mol. The minimum absolute atomic E-state index is 0.0201. The van der Waals surface area contributed by atoms with E-state index < -0.39 is 10.0 Å². The maximum atomic E-state index is 12.4. The molecule has 9 heteroatoms. The van der Waals surface area contributed by atoms with Gasteiger partial charge in [0.15, 0.2) is 5.78 Å². The summed E-state index contributed by atoms with van der Waals surface area (Å²) in [5.74, 6) is -0.145. The first-order valence-electron chi connectivity index (χ1n) is 8.71. The number of aromatic nitrogens is 2. The van der Waals surface area contributed by atoms with E-state index in [1.54, 1.807) is 30.3 Å². The van der Waals surface area contributed by atoms with Crippen molar-refractivity contribution in [1.82, 2.24) is 14.5 Å². The number of benzene rings is 2. The Labute approximate surface area is 173 Å². The summed E-state index contributed by atoms with van der Waals surface area (Å²) in [6.07, 6.45) is 0. The van der Waals surface area contributed by atoms with Crippen LogP contribution in [0.4, 0.5) is 0 Å². The van der Waals surface area contributed by atoms with Crippen molar-refractivity contribution in [2.75, 3.05) is 6.54 Å². The van der Waals surface area contributed by atoms with Gasteiger partial charge < -0.3 is 0 Å². The molecule has 1 aromatic heterocycles. The molecule has 3 rings (SSSR count). The Morgan fingerprint density at radius 2 is 1.69 bits per heavy atom. The third-order valence-electron chi connectivity index (χ3n) is 4.19. The number of nitrogens with zero attached hydrogens (tertiary/aromatic N) is 2. The molecule has 2 aromatic carbocycles. The van der Waals surface area contributed by atoms with Crippen LogP contribution >= 0.6 is 11.6 Å². The van der Waals surface area contributed by atoms with E-state index in [0.717, 1.165) is 5.56 Å². The number of rotatable bonds is 7. The minimum Gasteiger partial charge on any atom is -0.295 e. The second-order valence-corrected chi connectivity index (χ2v) is 8.47. The Kier molecular flexibility index (Phi) is 6.26. The molecule has 0 atom stereocenters. The first-order chi connectivity index (χ1) is 13.8. The van der Waals surface area contributed by atoms with Crippen LogP contribution in [0.5, 0.6) is 0 Å². The van der Waals surface area contributed by atoms with Crippen molar-refractivity contribution < 1.29 is 13.2 Å². The van der Waals surface area contributed by atoms with Gasteiger partial charge in [0.1, 0.15) is 0 Å². The lowest BCUT2D eigenvalue weighted by Crippen LogP contribution is -2.32. The molecule has 0 saturated carbocycles. The second-order valence-electron chi connectivity index (χ2n) is 6.27. The zero-order valence-electron chi connectivity index (χ0n) is 15.5. The van der Waals surface area contributed by atoms with Crippen molar-refractivity contribution in [3.8, 4) is 11.3 Å². The Hall–Kier alpha value is -2.81. The zero-order valence-corrected chi connectivity index (χ0v) is 17.1. The number of Topliss-reactive ketones (excluding diaryl/α,β-unsaturated/α-hetero) is 1. The molecule has 1 N–H and O–H groups in total. The highest BCUT2D eigenvalue weighted by molar-refractivity contribution is 7.89. The van der Waals surface area contributed by atoms with Crippen LogP contribution in [0.2, 0.25) is 5.02 Å². The molecule has 29 heavy (non-hydrogen) atoms. The van der Waals surface area contributed by atoms with Gasteiger partial charge in [-0.15, -0.1) is 0 Å².